The van der Waals surface area contributed by atoms with E-state index in [9.17, 15) is 13.6 Å². The number of nitrogens with zero attached hydrogens (tertiary/aromatic N) is 4. The molecule has 0 spiro atoms. The van der Waals surface area contributed by atoms with Gasteiger partial charge in [-0.1, -0.05) is 26.2 Å². The Morgan fingerprint density at radius 3 is 2.75 bits per heavy atom. The highest BCUT2D eigenvalue weighted by atomic mass is 19.1. The Labute approximate surface area is 234 Å². The summed E-state index contributed by atoms with van der Waals surface area (Å²) in [5, 5.41) is 6.89. The molecular weight excluding hydrogens is 516 g/mol. The van der Waals surface area contributed by atoms with Gasteiger partial charge in [0.15, 0.2) is 17.5 Å². The van der Waals surface area contributed by atoms with Gasteiger partial charge in [-0.05, 0) is 51.0 Å². The molecule has 4 rings (SSSR count). The quantitative estimate of drug-likeness (QED) is 0.209. The Balaban J connectivity index is 1.24. The van der Waals surface area contributed by atoms with Crippen LogP contribution in [-0.2, 0) is 4.74 Å². The first-order valence-electron chi connectivity index (χ1n) is 14.5. The van der Waals surface area contributed by atoms with Crippen molar-refractivity contribution >= 4 is 22.9 Å². The summed E-state index contributed by atoms with van der Waals surface area (Å²) in [6, 6.07) is 1.22. The number of hydrogen-bond acceptors (Lipinski definition) is 6. The SMILES string of the molecule is CCCOCCCCCCCN(C)C(=O)N[C@@H]1CCC[C@H](Nc2nc(-c3c[nH]c4ncc(F)cc34)ncc2F)C1. The van der Waals surface area contributed by atoms with E-state index in [1.54, 1.807) is 11.1 Å². The van der Waals surface area contributed by atoms with Gasteiger partial charge in [-0.3, -0.25) is 0 Å². The Morgan fingerprint density at radius 2 is 1.90 bits per heavy atom. The summed E-state index contributed by atoms with van der Waals surface area (Å²) in [6.45, 7) is 4.50. The van der Waals surface area contributed by atoms with Gasteiger partial charge in [-0.15, -0.1) is 0 Å². The summed E-state index contributed by atoms with van der Waals surface area (Å²) in [5.74, 6) is -0.671. The van der Waals surface area contributed by atoms with Crippen LogP contribution in [-0.4, -0.2) is 69.8 Å². The van der Waals surface area contributed by atoms with E-state index in [1.165, 1.54) is 6.07 Å². The first kappa shape index (κ1) is 29.6. The van der Waals surface area contributed by atoms with Gasteiger partial charge in [0.05, 0.1) is 12.4 Å². The van der Waals surface area contributed by atoms with E-state index in [0.717, 1.165) is 89.9 Å². The molecule has 0 bridgehead atoms. The molecule has 0 radical (unpaired) electrons. The molecular formula is C29H41F2N7O2. The van der Waals surface area contributed by atoms with Crippen LogP contribution in [0.3, 0.4) is 0 Å². The maximum atomic E-state index is 14.7. The molecule has 0 aromatic carbocycles. The summed E-state index contributed by atoms with van der Waals surface area (Å²) in [7, 11) is 1.83. The minimum atomic E-state index is -0.563. The summed E-state index contributed by atoms with van der Waals surface area (Å²) in [4.78, 5) is 30.0. The van der Waals surface area contributed by atoms with Crippen LogP contribution < -0.4 is 10.6 Å². The normalized spacial score (nSPS) is 17.2. The number of pyridine rings is 1. The molecule has 3 heterocycles. The van der Waals surface area contributed by atoms with Crippen LogP contribution in [0.4, 0.5) is 19.4 Å². The molecule has 0 unspecified atom stereocenters. The minimum absolute atomic E-state index is 0.00337. The topological polar surface area (TPSA) is 108 Å². The standard InChI is InChI=1S/C29H41F2N7O2/c1-3-13-40-14-8-6-4-5-7-12-38(2)29(39)36-22-11-9-10-21(16-22)35-28-25(31)19-34-27(37-28)24-18-33-26-23(24)15-20(30)17-32-26/h15,17-19,21-22H,3-14,16H2,1-2H3,(H,32,33)(H,36,39)(H,34,35,37)/t21-,22+/m0/s1. The molecule has 2 atom stereocenters. The fourth-order valence-electron chi connectivity index (χ4n) is 5.12. The Bertz CT molecular complexity index is 1240. The van der Waals surface area contributed by atoms with Crippen molar-refractivity contribution in [2.24, 2.45) is 0 Å². The van der Waals surface area contributed by atoms with Gasteiger partial charge in [-0.25, -0.2) is 28.5 Å². The summed E-state index contributed by atoms with van der Waals surface area (Å²) < 4.78 is 33.9. The molecule has 3 N–H and O–H groups in total. The van der Waals surface area contributed by atoms with Gasteiger partial charge in [0.25, 0.3) is 0 Å². The van der Waals surface area contributed by atoms with Crippen LogP contribution >= 0.6 is 0 Å². The van der Waals surface area contributed by atoms with E-state index in [0.29, 0.717) is 23.0 Å². The van der Waals surface area contributed by atoms with Gasteiger partial charge < -0.3 is 25.3 Å². The van der Waals surface area contributed by atoms with Crippen molar-refractivity contribution in [3.05, 3.63) is 36.3 Å². The molecule has 0 aliphatic heterocycles. The van der Waals surface area contributed by atoms with Crippen LogP contribution in [0.5, 0.6) is 0 Å². The largest absolute Gasteiger partial charge is 0.381 e. The van der Waals surface area contributed by atoms with Gasteiger partial charge >= 0.3 is 6.03 Å². The lowest BCUT2D eigenvalue weighted by molar-refractivity contribution is 0.130. The second-order valence-corrected chi connectivity index (χ2v) is 10.6. The fraction of sp³-hybridized carbons (Fsp3) is 0.586. The number of fused-ring (bicyclic) bond motifs is 1. The van der Waals surface area contributed by atoms with Crippen molar-refractivity contribution < 1.29 is 18.3 Å². The van der Waals surface area contributed by atoms with Gasteiger partial charge in [0.2, 0.25) is 0 Å². The number of halogens is 2. The fourth-order valence-corrected chi connectivity index (χ4v) is 5.12. The molecule has 40 heavy (non-hydrogen) atoms. The number of aromatic amines is 1. The second-order valence-electron chi connectivity index (χ2n) is 10.6. The van der Waals surface area contributed by atoms with Gasteiger partial charge in [-0.2, -0.15) is 0 Å². The minimum Gasteiger partial charge on any atom is -0.381 e. The third kappa shape index (κ3) is 8.33. The lowest BCUT2D eigenvalue weighted by Gasteiger charge is -2.32. The number of H-pyrrole nitrogens is 1. The Morgan fingerprint density at radius 1 is 1.10 bits per heavy atom. The zero-order valence-corrected chi connectivity index (χ0v) is 23.5. The third-order valence-corrected chi connectivity index (χ3v) is 7.30. The number of hydrogen-bond donors (Lipinski definition) is 3. The zero-order valence-electron chi connectivity index (χ0n) is 23.5. The van der Waals surface area contributed by atoms with Crippen molar-refractivity contribution in [3.8, 4) is 11.4 Å². The zero-order chi connectivity index (χ0) is 28.3. The average Bonchev–Trinajstić information content (AvgIpc) is 3.36. The van der Waals surface area contributed by atoms with Crippen LogP contribution in [0.25, 0.3) is 22.4 Å². The molecule has 3 aromatic rings. The summed E-state index contributed by atoms with van der Waals surface area (Å²) in [6.07, 6.45) is 13.7. The van der Waals surface area contributed by atoms with Crippen molar-refractivity contribution in [3.63, 3.8) is 0 Å². The molecule has 1 aliphatic carbocycles. The van der Waals surface area contributed by atoms with E-state index in [4.69, 9.17) is 4.74 Å². The highest BCUT2D eigenvalue weighted by molar-refractivity contribution is 5.91. The predicted octanol–water partition coefficient (Wildman–Crippen LogP) is 6.04. The molecule has 3 aromatic heterocycles. The van der Waals surface area contributed by atoms with E-state index < -0.39 is 11.6 Å². The lowest BCUT2D eigenvalue weighted by Crippen LogP contribution is -2.47. The van der Waals surface area contributed by atoms with Gasteiger partial charge in [0.1, 0.15) is 11.5 Å². The van der Waals surface area contributed by atoms with Crippen LogP contribution in [0, 0.1) is 11.6 Å². The van der Waals surface area contributed by atoms with E-state index >= 15 is 0 Å². The number of amides is 2. The number of nitrogens with one attached hydrogen (secondary N) is 3. The maximum absolute atomic E-state index is 14.7. The van der Waals surface area contributed by atoms with Gasteiger partial charge in [0, 0.05) is 56.0 Å². The van der Waals surface area contributed by atoms with Crippen LogP contribution in [0.2, 0.25) is 0 Å². The highest BCUT2D eigenvalue weighted by Crippen LogP contribution is 2.28. The smallest absolute Gasteiger partial charge is 0.317 e. The molecule has 9 nitrogen and oxygen atoms in total. The van der Waals surface area contributed by atoms with Crippen molar-refractivity contribution in [1.82, 2.24) is 30.2 Å². The molecule has 218 valence electrons. The molecule has 2 amide bonds. The molecule has 1 saturated carbocycles. The van der Waals surface area contributed by atoms with Crippen LogP contribution in [0.1, 0.15) is 71.1 Å². The van der Waals surface area contributed by atoms with Crippen molar-refractivity contribution in [2.45, 2.75) is 83.2 Å². The van der Waals surface area contributed by atoms with Crippen molar-refractivity contribution in [2.75, 3.05) is 32.1 Å². The molecule has 0 saturated heterocycles. The lowest BCUT2D eigenvalue weighted by atomic mass is 9.91. The number of carbonyl (C=O) groups excluding carboxylic acids is 1. The predicted molar refractivity (Wildman–Crippen MR) is 152 cm³/mol. The number of ether oxygens (including phenoxy) is 1. The molecule has 11 heteroatoms. The monoisotopic (exact) mass is 557 g/mol. The second kappa shape index (κ2) is 14.9. The Kier molecular flexibility index (Phi) is 11.0. The van der Waals surface area contributed by atoms with E-state index in [2.05, 4.69) is 37.5 Å². The first-order valence-corrected chi connectivity index (χ1v) is 14.5. The van der Waals surface area contributed by atoms with E-state index in [-0.39, 0.29) is 29.8 Å². The number of unbranched alkanes of at least 4 members (excludes halogenated alkanes) is 4. The maximum Gasteiger partial charge on any atom is 0.317 e. The Hall–Kier alpha value is -3.34. The first-order chi connectivity index (χ1) is 19.4. The molecule has 1 aliphatic rings. The number of urea groups is 1. The average molecular weight is 558 g/mol. The number of carbonyl (C=O) groups is 1. The summed E-state index contributed by atoms with van der Waals surface area (Å²) in [5.41, 5.74) is 1.05. The van der Waals surface area contributed by atoms with E-state index in [1.807, 2.05) is 7.05 Å². The summed E-state index contributed by atoms with van der Waals surface area (Å²) >= 11 is 0. The number of aromatic nitrogens is 4. The number of rotatable bonds is 14. The molecule has 1 fully saturated rings. The van der Waals surface area contributed by atoms with Crippen LogP contribution in [0.15, 0.2) is 24.7 Å². The number of anilines is 1. The third-order valence-electron chi connectivity index (χ3n) is 7.30. The van der Waals surface area contributed by atoms with Crippen molar-refractivity contribution in [1.29, 1.82) is 0 Å². The highest BCUT2D eigenvalue weighted by Gasteiger charge is 2.25.